The summed E-state index contributed by atoms with van der Waals surface area (Å²) in [5, 5.41) is 16.5. The number of aliphatic hydroxyl groups excluding tert-OH is 1. The van der Waals surface area contributed by atoms with Crippen LogP contribution in [-0.4, -0.2) is 64.7 Å². The van der Waals surface area contributed by atoms with Crippen LogP contribution in [0.15, 0.2) is 61.2 Å². The highest BCUT2D eigenvalue weighted by Crippen LogP contribution is 2.27. The smallest absolute Gasteiger partial charge is 0.251 e. The summed E-state index contributed by atoms with van der Waals surface area (Å²) in [5.74, 6) is 1.54. The molecular weight excluding hydrogens is 510 g/mol. The van der Waals surface area contributed by atoms with Crippen LogP contribution in [0, 0.1) is 5.41 Å². The van der Waals surface area contributed by atoms with Gasteiger partial charge in [-0.1, -0.05) is 39.0 Å². The van der Waals surface area contributed by atoms with Crippen molar-refractivity contribution in [2.45, 2.75) is 26.7 Å². The van der Waals surface area contributed by atoms with Gasteiger partial charge in [0.1, 0.15) is 18.0 Å². The maximum atomic E-state index is 12.3. The number of amides is 1. The molecule has 0 radical (unpaired) electrons. The van der Waals surface area contributed by atoms with Gasteiger partial charge in [-0.25, -0.2) is 15.0 Å². The number of pyridine rings is 2. The van der Waals surface area contributed by atoms with E-state index >= 15 is 0 Å². The molecule has 10 heteroatoms. The van der Waals surface area contributed by atoms with Crippen LogP contribution in [0.3, 0.4) is 0 Å². The number of nitrogens with zero attached hydrogens (tertiary/aromatic N) is 5. The zero-order valence-electron chi connectivity index (χ0n) is 23.1. The number of benzene rings is 1. The van der Waals surface area contributed by atoms with Crippen molar-refractivity contribution in [1.82, 2.24) is 25.3 Å². The second-order valence-corrected chi connectivity index (χ2v) is 10.3. The first kappa shape index (κ1) is 29.8. The number of anilines is 2. The number of aliphatic hydroxyl groups is 1. The van der Waals surface area contributed by atoms with E-state index in [1.54, 1.807) is 31.8 Å². The number of para-hydroxylation sites is 1. The first-order chi connectivity index (χ1) is 18.2. The van der Waals surface area contributed by atoms with Gasteiger partial charge in [0.15, 0.2) is 0 Å². The van der Waals surface area contributed by atoms with Crippen molar-refractivity contribution < 1.29 is 9.90 Å². The third-order valence-electron chi connectivity index (χ3n) is 6.59. The maximum Gasteiger partial charge on any atom is 0.251 e. The van der Waals surface area contributed by atoms with Crippen molar-refractivity contribution in [2.24, 2.45) is 5.41 Å². The van der Waals surface area contributed by atoms with E-state index in [2.05, 4.69) is 37.5 Å². The molecule has 0 bridgehead atoms. The molecule has 0 fully saturated rings. The minimum atomic E-state index is -0.214. The Kier molecular flexibility index (Phi) is 9.82. The van der Waals surface area contributed by atoms with Crippen molar-refractivity contribution in [3.8, 4) is 11.3 Å². The highest BCUT2D eigenvalue weighted by molar-refractivity contribution is 7.59. The molecular formula is C29H37N7O2S. The minimum Gasteiger partial charge on any atom is -0.396 e. The molecule has 0 saturated heterocycles. The predicted octanol–water partition coefficient (Wildman–Crippen LogP) is 4.23. The van der Waals surface area contributed by atoms with Gasteiger partial charge in [-0.15, -0.1) is 0 Å². The summed E-state index contributed by atoms with van der Waals surface area (Å²) in [5.41, 5.74) is 3.95. The Hall–Kier alpha value is -3.76. The third-order valence-corrected chi connectivity index (χ3v) is 6.59. The largest absolute Gasteiger partial charge is 0.396 e. The summed E-state index contributed by atoms with van der Waals surface area (Å²) in [6.07, 6.45) is 5.03. The number of aromatic nitrogens is 4. The summed E-state index contributed by atoms with van der Waals surface area (Å²) in [6, 6.07) is 13.5. The van der Waals surface area contributed by atoms with Crippen LogP contribution in [0.1, 0.15) is 42.6 Å². The first-order valence-corrected chi connectivity index (χ1v) is 12.7. The Morgan fingerprint density at radius 3 is 2.59 bits per heavy atom. The standard InChI is InChI=1S/C29H35N7O2.H2S/c1-19(21-7-6-8-22-23(28(38)30-4)11-12-31-27(21)22)14-32-25-13-24(34-18-35-25)20-9-10-26(33-15-20)36(5)16-29(2,3)17-37;/h6-13,15,18-19,37H,14,16-17H2,1-5H3,(H,30,38)(H,32,34,35);1H2/t19-;/m1./s1. The molecule has 0 aliphatic heterocycles. The number of rotatable bonds is 10. The molecule has 1 amide bonds. The lowest BCUT2D eigenvalue weighted by molar-refractivity contribution is 0.0964. The van der Waals surface area contributed by atoms with E-state index in [9.17, 15) is 9.90 Å². The molecule has 206 valence electrons. The topological polar surface area (TPSA) is 116 Å². The zero-order chi connectivity index (χ0) is 27.3. The summed E-state index contributed by atoms with van der Waals surface area (Å²) in [7, 11) is 3.60. The van der Waals surface area contributed by atoms with Crippen molar-refractivity contribution >= 4 is 41.9 Å². The Morgan fingerprint density at radius 2 is 1.90 bits per heavy atom. The third kappa shape index (κ3) is 7.01. The minimum absolute atomic E-state index is 0. The van der Waals surface area contributed by atoms with Crippen LogP contribution >= 0.6 is 13.5 Å². The molecule has 1 atom stereocenters. The lowest BCUT2D eigenvalue weighted by atomic mass is 9.94. The van der Waals surface area contributed by atoms with E-state index in [0.717, 1.165) is 33.5 Å². The molecule has 0 saturated carbocycles. The number of carbonyl (C=O) groups is 1. The van der Waals surface area contributed by atoms with Crippen LogP contribution < -0.4 is 15.5 Å². The summed E-state index contributed by atoms with van der Waals surface area (Å²) in [4.78, 5) is 32.3. The maximum absolute atomic E-state index is 12.3. The molecule has 3 N–H and O–H groups in total. The van der Waals surface area contributed by atoms with E-state index in [4.69, 9.17) is 0 Å². The van der Waals surface area contributed by atoms with Gasteiger partial charge in [0, 0.05) is 74.5 Å². The quantitative estimate of drug-likeness (QED) is 0.270. The predicted molar refractivity (Wildman–Crippen MR) is 162 cm³/mol. The van der Waals surface area contributed by atoms with Gasteiger partial charge in [0.2, 0.25) is 0 Å². The second-order valence-electron chi connectivity index (χ2n) is 10.3. The van der Waals surface area contributed by atoms with Gasteiger partial charge in [0.05, 0.1) is 16.8 Å². The van der Waals surface area contributed by atoms with Crippen LogP contribution in [-0.2, 0) is 0 Å². The number of carbonyl (C=O) groups excluding carboxylic acids is 1. The summed E-state index contributed by atoms with van der Waals surface area (Å²) >= 11 is 0. The van der Waals surface area contributed by atoms with Crippen LogP contribution in [0.25, 0.3) is 22.2 Å². The Balaban J connectivity index is 0.00000420. The lowest BCUT2D eigenvalue weighted by Gasteiger charge is -2.29. The normalized spacial score (nSPS) is 11.9. The molecule has 0 aliphatic rings. The van der Waals surface area contributed by atoms with E-state index in [1.807, 2.05) is 62.2 Å². The molecule has 3 aromatic heterocycles. The molecule has 0 unspecified atom stereocenters. The molecule has 0 aliphatic carbocycles. The van der Waals surface area contributed by atoms with Gasteiger partial charge in [-0.05, 0) is 23.8 Å². The van der Waals surface area contributed by atoms with E-state index < -0.39 is 0 Å². The fourth-order valence-corrected chi connectivity index (χ4v) is 4.45. The molecule has 9 nitrogen and oxygen atoms in total. The zero-order valence-corrected chi connectivity index (χ0v) is 24.1. The van der Waals surface area contributed by atoms with Crippen molar-refractivity contribution in [3.63, 3.8) is 0 Å². The van der Waals surface area contributed by atoms with Crippen molar-refractivity contribution in [1.29, 1.82) is 0 Å². The lowest BCUT2D eigenvalue weighted by Crippen LogP contribution is -2.34. The van der Waals surface area contributed by atoms with Crippen LogP contribution in [0.5, 0.6) is 0 Å². The number of fused-ring (bicyclic) bond motifs is 1. The van der Waals surface area contributed by atoms with Gasteiger partial charge in [0.25, 0.3) is 5.91 Å². The van der Waals surface area contributed by atoms with Gasteiger partial charge in [-0.3, -0.25) is 9.78 Å². The Morgan fingerprint density at radius 1 is 1.10 bits per heavy atom. The average Bonchev–Trinajstić information content (AvgIpc) is 2.94. The molecule has 0 spiro atoms. The van der Waals surface area contributed by atoms with Crippen molar-refractivity contribution in [2.75, 3.05) is 44.0 Å². The summed E-state index contributed by atoms with van der Waals surface area (Å²) < 4.78 is 0. The fourth-order valence-electron chi connectivity index (χ4n) is 4.45. The molecule has 39 heavy (non-hydrogen) atoms. The Bertz CT molecular complexity index is 1410. The van der Waals surface area contributed by atoms with E-state index in [1.165, 1.54) is 0 Å². The molecule has 3 heterocycles. The van der Waals surface area contributed by atoms with Gasteiger partial charge in [-0.2, -0.15) is 13.5 Å². The second kappa shape index (κ2) is 12.9. The number of nitrogens with one attached hydrogen (secondary N) is 2. The Labute approximate surface area is 236 Å². The molecule has 4 aromatic rings. The molecule has 4 rings (SSSR count). The average molecular weight is 548 g/mol. The van der Waals surface area contributed by atoms with Gasteiger partial charge < -0.3 is 20.6 Å². The number of hydrogen-bond acceptors (Lipinski definition) is 8. The van der Waals surface area contributed by atoms with E-state index in [0.29, 0.717) is 24.5 Å². The van der Waals surface area contributed by atoms with Crippen molar-refractivity contribution in [3.05, 3.63) is 72.3 Å². The highest BCUT2D eigenvalue weighted by atomic mass is 32.1. The van der Waals surface area contributed by atoms with Crippen LogP contribution in [0.2, 0.25) is 0 Å². The molecule has 1 aromatic carbocycles. The van der Waals surface area contributed by atoms with E-state index in [-0.39, 0.29) is 37.3 Å². The SMILES string of the molecule is CNC(=O)c1ccnc2c([C@H](C)CNc3cc(-c4ccc(N(C)CC(C)(C)CO)nc4)ncn3)cccc12.S. The summed E-state index contributed by atoms with van der Waals surface area (Å²) in [6.45, 7) is 7.59. The highest BCUT2D eigenvalue weighted by Gasteiger charge is 2.20. The first-order valence-electron chi connectivity index (χ1n) is 12.7. The number of hydrogen-bond donors (Lipinski definition) is 3. The monoisotopic (exact) mass is 547 g/mol. The van der Waals surface area contributed by atoms with Gasteiger partial charge >= 0.3 is 0 Å². The van der Waals surface area contributed by atoms with Crippen LogP contribution in [0.4, 0.5) is 11.6 Å². The fraction of sp³-hybridized carbons (Fsp3) is 0.345.